The first-order valence-electron chi connectivity index (χ1n) is 8.33. The number of aromatic nitrogens is 1. The average molecular weight is 410 g/mol. The van der Waals surface area contributed by atoms with Crippen LogP contribution in [0.1, 0.15) is 45.5 Å². The van der Waals surface area contributed by atoms with Crippen molar-refractivity contribution in [3.63, 3.8) is 0 Å². The summed E-state index contributed by atoms with van der Waals surface area (Å²) < 4.78 is 0.379. The van der Waals surface area contributed by atoms with Gasteiger partial charge in [0.2, 0.25) is 0 Å². The summed E-state index contributed by atoms with van der Waals surface area (Å²) in [5, 5.41) is 18.2. The molecule has 1 aromatic heterocycles. The number of anilines is 1. The fourth-order valence-corrected chi connectivity index (χ4v) is 4.78. The van der Waals surface area contributed by atoms with Crippen LogP contribution in [0.3, 0.4) is 0 Å². The van der Waals surface area contributed by atoms with Crippen molar-refractivity contribution < 1.29 is 14.7 Å². The SMILES string of the molecule is N#Cc1ccc([As]C(=O)c2ccc(N3CCCCC3)nc2)c(C(=O)O)c1. The minimum atomic E-state index is -1.13. The molecule has 0 amide bonds. The topological polar surface area (TPSA) is 94.3 Å². The van der Waals surface area contributed by atoms with Crippen LogP contribution in [0.25, 0.3) is 0 Å². The molecule has 1 N–H and O–H groups in total. The van der Waals surface area contributed by atoms with Crippen molar-refractivity contribution in [2.75, 3.05) is 18.0 Å². The Labute approximate surface area is 158 Å². The van der Waals surface area contributed by atoms with E-state index in [4.69, 9.17) is 5.26 Å². The van der Waals surface area contributed by atoms with Gasteiger partial charge in [-0.2, -0.15) is 0 Å². The van der Waals surface area contributed by atoms with Crippen molar-refractivity contribution in [1.82, 2.24) is 4.98 Å². The van der Waals surface area contributed by atoms with Crippen LogP contribution in [0.15, 0.2) is 36.5 Å². The Morgan fingerprint density at radius 2 is 1.92 bits per heavy atom. The van der Waals surface area contributed by atoms with Crippen LogP contribution < -0.4 is 9.25 Å². The summed E-state index contributed by atoms with van der Waals surface area (Å²) in [5.41, 5.74) is 0.786. The van der Waals surface area contributed by atoms with Crippen molar-refractivity contribution in [3.05, 3.63) is 53.2 Å². The molecule has 0 unspecified atom stereocenters. The number of hydrogen-bond acceptors (Lipinski definition) is 5. The second-order valence-electron chi connectivity index (χ2n) is 6.02. The number of benzene rings is 1. The van der Waals surface area contributed by atoms with Crippen LogP contribution in [0.5, 0.6) is 0 Å². The number of carbonyl (C=O) groups excluding carboxylic acids is 1. The Hall–Kier alpha value is -2.64. The Bertz CT molecular complexity index is 869. The van der Waals surface area contributed by atoms with Gasteiger partial charge in [-0.15, -0.1) is 0 Å². The summed E-state index contributed by atoms with van der Waals surface area (Å²) in [6.07, 6.45) is 5.13. The molecule has 0 saturated carbocycles. The van der Waals surface area contributed by atoms with E-state index in [1.54, 1.807) is 24.4 Å². The molecule has 0 bridgehead atoms. The third-order valence-electron chi connectivity index (χ3n) is 4.25. The van der Waals surface area contributed by atoms with Crippen LogP contribution in [-0.4, -0.2) is 49.5 Å². The number of carbonyl (C=O) groups is 2. The van der Waals surface area contributed by atoms with E-state index in [0.717, 1.165) is 31.7 Å². The molecule has 1 saturated heterocycles. The van der Waals surface area contributed by atoms with E-state index in [-0.39, 0.29) is 15.7 Å². The zero-order valence-corrected chi connectivity index (χ0v) is 15.9. The fraction of sp³-hybridized carbons (Fsp3) is 0.263. The second kappa shape index (κ2) is 8.16. The molecule has 1 aliphatic rings. The molecule has 0 aliphatic carbocycles. The molecule has 2 heterocycles. The summed E-state index contributed by atoms with van der Waals surface area (Å²) >= 11 is -1.03. The number of nitrogens with zero attached hydrogens (tertiary/aromatic N) is 3. The standard InChI is InChI=1S/C19H17AsN3O3/c21-11-13-4-6-16(15(10-13)19(25)26)20-18(24)14-5-7-17(22-12-14)23-8-2-1-3-9-23/h4-7,10,12H,1-3,8-9H2,(H,25,26). The van der Waals surface area contributed by atoms with Crippen molar-refractivity contribution in [2.24, 2.45) is 0 Å². The summed E-state index contributed by atoms with van der Waals surface area (Å²) in [7, 11) is 0. The molecule has 1 fully saturated rings. The first-order chi connectivity index (χ1) is 12.6. The Morgan fingerprint density at radius 3 is 2.54 bits per heavy atom. The number of hydrogen-bond donors (Lipinski definition) is 1. The van der Waals surface area contributed by atoms with Crippen molar-refractivity contribution in [2.45, 2.75) is 19.3 Å². The first-order valence-corrected chi connectivity index (χ1v) is 10.2. The van der Waals surface area contributed by atoms with Crippen LogP contribution >= 0.6 is 0 Å². The van der Waals surface area contributed by atoms with Gasteiger partial charge < -0.3 is 0 Å². The monoisotopic (exact) mass is 410 g/mol. The number of nitriles is 1. The van der Waals surface area contributed by atoms with Crippen LogP contribution in [0, 0.1) is 11.3 Å². The normalized spacial score (nSPS) is 14.3. The van der Waals surface area contributed by atoms with E-state index in [0.29, 0.717) is 9.91 Å². The summed E-state index contributed by atoms with van der Waals surface area (Å²) in [5.74, 6) is -0.249. The first kappa shape index (κ1) is 18.2. The van der Waals surface area contributed by atoms with Gasteiger partial charge >= 0.3 is 158 Å². The fourth-order valence-electron chi connectivity index (χ4n) is 2.87. The van der Waals surface area contributed by atoms with Crippen LogP contribution in [0.2, 0.25) is 0 Å². The molecule has 0 atom stereocenters. The number of carboxylic acids is 1. The van der Waals surface area contributed by atoms with Crippen molar-refractivity contribution >= 4 is 36.5 Å². The maximum atomic E-state index is 12.6. The molecule has 1 aliphatic heterocycles. The summed E-state index contributed by atoms with van der Waals surface area (Å²) in [6.45, 7) is 1.97. The molecule has 1 radical (unpaired) electrons. The zero-order chi connectivity index (χ0) is 18.5. The number of carboxylic acid groups (broad SMARTS) is 1. The van der Waals surface area contributed by atoms with Gasteiger partial charge in [0.15, 0.2) is 0 Å². The Kier molecular flexibility index (Phi) is 5.70. The molecule has 7 heteroatoms. The van der Waals surface area contributed by atoms with Gasteiger partial charge in [-0.05, 0) is 0 Å². The molecule has 3 rings (SSSR count). The second-order valence-corrected chi connectivity index (χ2v) is 8.35. The predicted octanol–water partition coefficient (Wildman–Crippen LogP) is 1.81. The van der Waals surface area contributed by atoms with Crippen molar-refractivity contribution in [3.8, 4) is 6.07 Å². The summed E-state index contributed by atoms with van der Waals surface area (Å²) in [6, 6.07) is 9.97. The van der Waals surface area contributed by atoms with Crippen molar-refractivity contribution in [1.29, 1.82) is 5.26 Å². The van der Waals surface area contributed by atoms with Gasteiger partial charge in [-0.3, -0.25) is 0 Å². The van der Waals surface area contributed by atoms with Gasteiger partial charge in [0.05, 0.1) is 0 Å². The quantitative estimate of drug-likeness (QED) is 0.756. The predicted molar refractivity (Wildman–Crippen MR) is 98.1 cm³/mol. The average Bonchev–Trinajstić information content (AvgIpc) is 2.69. The molecular weight excluding hydrogens is 393 g/mol. The van der Waals surface area contributed by atoms with E-state index in [1.807, 2.05) is 12.1 Å². The van der Waals surface area contributed by atoms with Gasteiger partial charge in [-0.25, -0.2) is 0 Å². The van der Waals surface area contributed by atoms with Gasteiger partial charge in [0, 0.05) is 0 Å². The summed E-state index contributed by atoms with van der Waals surface area (Å²) in [4.78, 5) is 30.6. The van der Waals surface area contributed by atoms with Crippen LogP contribution in [-0.2, 0) is 0 Å². The maximum absolute atomic E-state index is 12.6. The van der Waals surface area contributed by atoms with E-state index in [2.05, 4.69) is 9.88 Å². The number of pyridine rings is 1. The molecule has 26 heavy (non-hydrogen) atoms. The molecule has 131 valence electrons. The zero-order valence-electron chi connectivity index (χ0n) is 14.1. The Morgan fingerprint density at radius 1 is 1.15 bits per heavy atom. The van der Waals surface area contributed by atoms with Gasteiger partial charge in [0.1, 0.15) is 0 Å². The number of aromatic carboxylic acids is 1. The van der Waals surface area contributed by atoms with E-state index in [1.165, 1.54) is 12.5 Å². The molecule has 2 aromatic rings. The van der Waals surface area contributed by atoms with E-state index >= 15 is 0 Å². The van der Waals surface area contributed by atoms with E-state index < -0.39 is 21.7 Å². The van der Waals surface area contributed by atoms with E-state index in [9.17, 15) is 14.7 Å². The third kappa shape index (κ3) is 4.12. The number of rotatable bonds is 5. The minimum absolute atomic E-state index is 0.0234. The molecule has 6 nitrogen and oxygen atoms in total. The Balaban J connectivity index is 1.76. The van der Waals surface area contributed by atoms with Gasteiger partial charge in [0.25, 0.3) is 0 Å². The number of piperidine rings is 1. The van der Waals surface area contributed by atoms with Crippen LogP contribution in [0.4, 0.5) is 5.82 Å². The van der Waals surface area contributed by atoms with Gasteiger partial charge in [-0.1, -0.05) is 0 Å². The molecule has 1 aromatic carbocycles. The molecule has 0 spiro atoms. The third-order valence-corrected chi connectivity index (χ3v) is 6.54. The molecular formula is C19H17AsN3O3.